The molecule has 0 bridgehead atoms. The van der Waals surface area contributed by atoms with Crippen LogP contribution >= 0.6 is 0 Å². The lowest BCUT2D eigenvalue weighted by atomic mass is 10.2. The van der Waals surface area contributed by atoms with E-state index in [2.05, 4.69) is 10.8 Å². The van der Waals surface area contributed by atoms with Gasteiger partial charge in [-0.05, 0) is 12.8 Å². The monoisotopic (exact) mass is 211 g/mol. The van der Waals surface area contributed by atoms with Crippen LogP contribution in [0.1, 0.15) is 25.7 Å². The molecule has 1 aliphatic carbocycles. The summed E-state index contributed by atoms with van der Waals surface area (Å²) in [6.07, 6.45) is 10.5. The van der Waals surface area contributed by atoms with Crippen LogP contribution in [0, 0.1) is 12.3 Å². The predicted molar refractivity (Wildman–Crippen MR) is 60.6 cm³/mol. The second-order valence-corrected chi connectivity index (χ2v) is 3.95. The number of aliphatic hydroxyl groups excluding tert-OH is 1. The Morgan fingerprint density at radius 1 is 1.33 bits per heavy atom. The van der Waals surface area contributed by atoms with Gasteiger partial charge in [0.1, 0.15) is 0 Å². The van der Waals surface area contributed by atoms with E-state index in [0.717, 1.165) is 6.54 Å². The van der Waals surface area contributed by atoms with Crippen LogP contribution in [0.3, 0.4) is 0 Å². The molecule has 0 unspecified atom stereocenters. The van der Waals surface area contributed by atoms with E-state index in [0.29, 0.717) is 25.8 Å². The van der Waals surface area contributed by atoms with Crippen LogP contribution in [-0.4, -0.2) is 49.0 Å². The lowest BCUT2D eigenvalue weighted by Crippen LogP contribution is -2.36. The van der Waals surface area contributed by atoms with Crippen LogP contribution in [0.5, 0.6) is 0 Å². The lowest BCUT2D eigenvalue weighted by molar-refractivity contribution is 0.0675. The third-order valence-corrected chi connectivity index (χ3v) is 2.89. The molecule has 86 valence electrons. The van der Waals surface area contributed by atoms with Gasteiger partial charge in [0.2, 0.25) is 0 Å². The fraction of sp³-hybridized carbons (Fsp3) is 0.833. The van der Waals surface area contributed by atoms with Gasteiger partial charge in [-0.25, -0.2) is 0 Å². The van der Waals surface area contributed by atoms with E-state index in [1.807, 2.05) is 0 Å². The SMILES string of the molecule is C#CCN(CCOCCO)C1CCCC1. The number of rotatable bonds is 7. The Morgan fingerprint density at radius 3 is 2.67 bits per heavy atom. The minimum absolute atomic E-state index is 0.0958. The summed E-state index contributed by atoms with van der Waals surface area (Å²) < 4.78 is 5.26. The van der Waals surface area contributed by atoms with Crippen LogP contribution in [0.2, 0.25) is 0 Å². The van der Waals surface area contributed by atoms with Crippen molar-refractivity contribution in [2.45, 2.75) is 31.7 Å². The first kappa shape index (κ1) is 12.5. The maximum atomic E-state index is 8.58. The smallest absolute Gasteiger partial charge is 0.0698 e. The summed E-state index contributed by atoms with van der Waals surface area (Å²) in [5.74, 6) is 2.71. The first-order chi connectivity index (χ1) is 7.38. The summed E-state index contributed by atoms with van der Waals surface area (Å²) in [5, 5.41) is 8.58. The molecule has 0 radical (unpaired) electrons. The molecule has 0 spiro atoms. The molecule has 1 saturated carbocycles. The van der Waals surface area contributed by atoms with E-state index in [9.17, 15) is 0 Å². The lowest BCUT2D eigenvalue weighted by Gasteiger charge is -2.26. The van der Waals surface area contributed by atoms with Gasteiger partial charge < -0.3 is 9.84 Å². The van der Waals surface area contributed by atoms with Crippen molar-refractivity contribution in [3.05, 3.63) is 0 Å². The number of hydrogen-bond donors (Lipinski definition) is 1. The summed E-state index contributed by atoms with van der Waals surface area (Å²) in [7, 11) is 0. The number of hydrogen-bond acceptors (Lipinski definition) is 3. The minimum atomic E-state index is 0.0958. The molecule has 1 fully saturated rings. The molecular weight excluding hydrogens is 190 g/mol. The maximum absolute atomic E-state index is 8.58. The van der Waals surface area contributed by atoms with Gasteiger partial charge in [-0.15, -0.1) is 6.42 Å². The summed E-state index contributed by atoms with van der Waals surface area (Å²) in [6, 6.07) is 0.652. The quantitative estimate of drug-likeness (QED) is 0.501. The van der Waals surface area contributed by atoms with E-state index in [1.165, 1.54) is 25.7 Å². The summed E-state index contributed by atoms with van der Waals surface area (Å²) in [6.45, 7) is 2.79. The first-order valence-electron chi connectivity index (χ1n) is 5.74. The third-order valence-electron chi connectivity index (χ3n) is 2.89. The zero-order valence-electron chi connectivity index (χ0n) is 9.32. The first-order valence-corrected chi connectivity index (χ1v) is 5.74. The Hall–Kier alpha value is -0.560. The molecule has 1 aliphatic rings. The van der Waals surface area contributed by atoms with Gasteiger partial charge in [-0.2, -0.15) is 0 Å². The molecule has 0 aliphatic heterocycles. The van der Waals surface area contributed by atoms with Gasteiger partial charge in [0.05, 0.1) is 26.4 Å². The van der Waals surface area contributed by atoms with Crippen molar-refractivity contribution in [1.29, 1.82) is 0 Å². The highest BCUT2D eigenvalue weighted by Gasteiger charge is 2.21. The fourth-order valence-electron chi connectivity index (χ4n) is 2.13. The molecule has 0 amide bonds. The van der Waals surface area contributed by atoms with Crippen LogP contribution in [0.25, 0.3) is 0 Å². The van der Waals surface area contributed by atoms with Crippen molar-refractivity contribution >= 4 is 0 Å². The van der Waals surface area contributed by atoms with Crippen molar-refractivity contribution in [2.75, 3.05) is 32.9 Å². The van der Waals surface area contributed by atoms with Crippen molar-refractivity contribution in [1.82, 2.24) is 4.90 Å². The van der Waals surface area contributed by atoms with Gasteiger partial charge in [0, 0.05) is 12.6 Å². The molecule has 0 heterocycles. The second kappa shape index (κ2) is 7.70. The average molecular weight is 211 g/mol. The van der Waals surface area contributed by atoms with Gasteiger partial charge in [0.15, 0.2) is 0 Å². The van der Waals surface area contributed by atoms with Gasteiger partial charge in [-0.3, -0.25) is 4.90 Å². The third kappa shape index (κ3) is 4.65. The molecule has 0 atom stereocenters. The predicted octanol–water partition coefficient (Wildman–Crippen LogP) is 0.873. The van der Waals surface area contributed by atoms with E-state index < -0.39 is 0 Å². The van der Waals surface area contributed by atoms with E-state index in [-0.39, 0.29) is 6.61 Å². The average Bonchev–Trinajstić information content (AvgIpc) is 2.76. The molecule has 0 aromatic carbocycles. The Bertz CT molecular complexity index is 194. The molecule has 1 rings (SSSR count). The van der Waals surface area contributed by atoms with Crippen LogP contribution < -0.4 is 0 Å². The van der Waals surface area contributed by atoms with Gasteiger partial charge >= 0.3 is 0 Å². The molecule has 3 nitrogen and oxygen atoms in total. The highest BCUT2D eigenvalue weighted by molar-refractivity contribution is 4.91. The van der Waals surface area contributed by atoms with Crippen LogP contribution in [-0.2, 0) is 4.74 Å². The maximum Gasteiger partial charge on any atom is 0.0698 e. The van der Waals surface area contributed by atoms with Crippen molar-refractivity contribution in [3.8, 4) is 12.3 Å². The molecule has 3 heteroatoms. The normalized spacial score (nSPS) is 17.1. The topological polar surface area (TPSA) is 32.7 Å². The Morgan fingerprint density at radius 2 is 2.07 bits per heavy atom. The molecule has 0 aromatic heterocycles. The fourth-order valence-corrected chi connectivity index (χ4v) is 2.13. The molecular formula is C12H21NO2. The minimum Gasteiger partial charge on any atom is -0.394 e. The number of terminal acetylenes is 1. The molecule has 15 heavy (non-hydrogen) atoms. The summed E-state index contributed by atoms with van der Waals surface area (Å²) in [5.41, 5.74) is 0. The van der Waals surface area contributed by atoms with Crippen molar-refractivity contribution in [2.24, 2.45) is 0 Å². The zero-order valence-corrected chi connectivity index (χ0v) is 9.32. The largest absolute Gasteiger partial charge is 0.394 e. The Balaban J connectivity index is 2.21. The van der Waals surface area contributed by atoms with E-state index in [1.54, 1.807) is 0 Å². The molecule has 1 N–H and O–H groups in total. The second-order valence-electron chi connectivity index (χ2n) is 3.95. The van der Waals surface area contributed by atoms with Gasteiger partial charge in [0.25, 0.3) is 0 Å². The summed E-state index contributed by atoms with van der Waals surface area (Å²) >= 11 is 0. The highest BCUT2D eigenvalue weighted by atomic mass is 16.5. The summed E-state index contributed by atoms with van der Waals surface area (Å²) in [4.78, 5) is 2.32. The standard InChI is InChI=1S/C12H21NO2/c1-2-7-13(8-10-15-11-9-14)12-5-3-4-6-12/h1,12,14H,3-11H2. The van der Waals surface area contributed by atoms with Crippen LogP contribution in [0.15, 0.2) is 0 Å². The Labute approximate surface area is 92.4 Å². The zero-order chi connectivity index (χ0) is 10.9. The van der Waals surface area contributed by atoms with Crippen LogP contribution in [0.4, 0.5) is 0 Å². The van der Waals surface area contributed by atoms with E-state index >= 15 is 0 Å². The molecule has 0 saturated heterocycles. The van der Waals surface area contributed by atoms with E-state index in [4.69, 9.17) is 16.3 Å². The van der Waals surface area contributed by atoms with Crippen molar-refractivity contribution < 1.29 is 9.84 Å². The van der Waals surface area contributed by atoms with Crippen molar-refractivity contribution in [3.63, 3.8) is 0 Å². The van der Waals surface area contributed by atoms with Gasteiger partial charge in [-0.1, -0.05) is 18.8 Å². The molecule has 0 aromatic rings. The number of aliphatic hydroxyl groups is 1. The number of nitrogens with zero attached hydrogens (tertiary/aromatic N) is 1. The highest BCUT2D eigenvalue weighted by Crippen LogP contribution is 2.22. The number of ether oxygens (including phenoxy) is 1. The Kier molecular flexibility index (Phi) is 6.42.